The highest BCUT2D eigenvalue weighted by Gasteiger charge is 2.21. The van der Waals surface area contributed by atoms with Crippen molar-refractivity contribution < 1.29 is 24.3 Å². The molecule has 3 amide bonds. The number of carboxylic acid groups (broad SMARTS) is 1. The van der Waals surface area contributed by atoms with Gasteiger partial charge in [-0.25, -0.2) is 4.79 Å². The lowest BCUT2D eigenvalue weighted by atomic mass is 10.0. The van der Waals surface area contributed by atoms with Gasteiger partial charge in [0, 0.05) is 19.4 Å². The van der Waals surface area contributed by atoms with Gasteiger partial charge in [0.1, 0.15) is 12.1 Å². The van der Waals surface area contributed by atoms with E-state index in [1.807, 2.05) is 0 Å². The molecule has 252 valence electrons. The van der Waals surface area contributed by atoms with Crippen LogP contribution >= 0.6 is 0 Å². The third-order valence-corrected chi connectivity index (χ3v) is 7.82. The molecule has 8 N–H and O–H groups in total. The number of nitrogens with two attached hydrogens (primary N) is 2. The minimum absolute atomic E-state index is 0.0907. The Hall–Kier alpha value is -2.20. The van der Waals surface area contributed by atoms with Gasteiger partial charge < -0.3 is 32.5 Å². The summed E-state index contributed by atoms with van der Waals surface area (Å²) in [6, 6.07) is -1.49. The summed E-state index contributed by atoms with van der Waals surface area (Å²) in [5.74, 6) is -1.67. The minimum Gasteiger partial charge on any atom is -0.480 e. The van der Waals surface area contributed by atoms with E-state index in [2.05, 4.69) is 22.9 Å². The Balaban J connectivity index is 4.16. The Bertz CT molecular complexity index is 722. The van der Waals surface area contributed by atoms with Gasteiger partial charge in [-0.1, -0.05) is 84.0 Å². The lowest BCUT2D eigenvalue weighted by Gasteiger charge is -2.18. The molecule has 43 heavy (non-hydrogen) atoms. The van der Waals surface area contributed by atoms with Crippen LogP contribution in [0.15, 0.2) is 0 Å². The summed E-state index contributed by atoms with van der Waals surface area (Å²) in [5.41, 5.74) is 11.1. The fourth-order valence-corrected chi connectivity index (χ4v) is 5.09. The first-order chi connectivity index (χ1) is 20.8. The maximum atomic E-state index is 12.8. The standard InChI is InChI=1S/C33H65N5O5/c1-2-3-4-5-6-7-8-9-10-11-12-13-14-23-30(39)37-28(21-15-18-25-34)32(41)36-27-20-17-24-31(40)38-29(33(42)43)22-16-19-26-35/h28-29H,2-27,34-35H2,1H3,(H,36,41)(H,37,39)(H,38,40)(H,42,43). The van der Waals surface area contributed by atoms with Gasteiger partial charge in [0.2, 0.25) is 17.7 Å². The van der Waals surface area contributed by atoms with E-state index in [0.717, 1.165) is 32.1 Å². The first-order valence-corrected chi connectivity index (χ1v) is 17.3. The summed E-state index contributed by atoms with van der Waals surface area (Å²) in [5, 5.41) is 17.6. The van der Waals surface area contributed by atoms with Crippen molar-refractivity contribution in [2.24, 2.45) is 11.5 Å². The molecule has 0 aromatic rings. The first kappa shape index (κ1) is 40.8. The summed E-state index contributed by atoms with van der Waals surface area (Å²) >= 11 is 0. The Labute approximate surface area is 261 Å². The van der Waals surface area contributed by atoms with Crippen LogP contribution in [0.3, 0.4) is 0 Å². The number of carbonyl (C=O) groups excluding carboxylic acids is 3. The predicted molar refractivity (Wildman–Crippen MR) is 174 cm³/mol. The van der Waals surface area contributed by atoms with Gasteiger partial charge in [0.05, 0.1) is 0 Å². The van der Waals surface area contributed by atoms with Crippen molar-refractivity contribution in [3.63, 3.8) is 0 Å². The van der Waals surface area contributed by atoms with Crippen LogP contribution in [0.1, 0.15) is 155 Å². The Morgan fingerprint density at radius 1 is 0.558 bits per heavy atom. The molecule has 10 nitrogen and oxygen atoms in total. The molecule has 0 saturated carbocycles. The van der Waals surface area contributed by atoms with Crippen LogP contribution in [0.25, 0.3) is 0 Å². The highest BCUT2D eigenvalue weighted by atomic mass is 16.4. The number of unbranched alkanes of at least 4 members (excludes halogenated alkanes) is 15. The van der Waals surface area contributed by atoms with E-state index >= 15 is 0 Å². The fraction of sp³-hybridized carbons (Fsp3) is 0.879. The molecule has 0 fully saturated rings. The van der Waals surface area contributed by atoms with Crippen LogP contribution in [0, 0.1) is 0 Å². The maximum Gasteiger partial charge on any atom is 0.326 e. The van der Waals surface area contributed by atoms with Gasteiger partial charge in [0.25, 0.3) is 0 Å². The SMILES string of the molecule is CCCCCCCCCCCCCCCC(=O)NC(CCCCN)C(=O)NCCCCC(=O)NC(CCCCN)C(=O)O. The molecule has 10 heteroatoms. The molecule has 0 radical (unpaired) electrons. The molecule has 0 aliphatic heterocycles. The lowest BCUT2D eigenvalue weighted by Crippen LogP contribution is -2.47. The zero-order valence-corrected chi connectivity index (χ0v) is 27.3. The normalized spacial score (nSPS) is 12.4. The molecule has 0 spiro atoms. The second-order valence-corrected chi connectivity index (χ2v) is 11.9. The van der Waals surface area contributed by atoms with Gasteiger partial charge in [-0.3, -0.25) is 14.4 Å². The third-order valence-electron chi connectivity index (χ3n) is 7.82. The van der Waals surface area contributed by atoms with Crippen LogP contribution in [0.2, 0.25) is 0 Å². The number of hydrogen-bond donors (Lipinski definition) is 6. The summed E-state index contributed by atoms with van der Waals surface area (Å²) in [6.07, 6.45) is 21.8. The second kappa shape index (κ2) is 29.9. The van der Waals surface area contributed by atoms with Gasteiger partial charge in [-0.15, -0.1) is 0 Å². The average molecular weight is 612 g/mol. The molecule has 2 unspecified atom stereocenters. The number of aliphatic carboxylic acids is 1. The molecule has 0 aliphatic carbocycles. The van der Waals surface area contributed by atoms with Crippen LogP contribution < -0.4 is 27.4 Å². The Morgan fingerprint density at radius 2 is 0.977 bits per heavy atom. The molecule has 0 aromatic heterocycles. The van der Waals surface area contributed by atoms with Crippen molar-refractivity contribution in [2.45, 2.75) is 167 Å². The smallest absolute Gasteiger partial charge is 0.326 e. The molecule has 0 saturated heterocycles. The summed E-state index contributed by atoms with van der Waals surface area (Å²) in [6.45, 7) is 3.66. The largest absolute Gasteiger partial charge is 0.480 e. The van der Waals surface area contributed by atoms with Crippen LogP contribution in [-0.4, -0.2) is 60.5 Å². The number of carbonyl (C=O) groups is 4. The number of amides is 3. The average Bonchev–Trinajstić information content (AvgIpc) is 2.98. The topological polar surface area (TPSA) is 177 Å². The van der Waals surface area contributed by atoms with Crippen molar-refractivity contribution in [1.82, 2.24) is 16.0 Å². The highest BCUT2D eigenvalue weighted by Crippen LogP contribution is 2.13. The van der Waals surface area contributed by atoms with E-state index in [1.165, 1.54) is 64.2 Å². The highest BCUT2D eigenvalue weighted by molar-refractivity contribution is 5.87. The maximum absolute atomic E-state index is 12.8. The van der Waals surface area contributed by atoms with Gasteiger partial charge >= 0.3 is 5.97 Å². The summed E-state index contributed by atoms with van der Waals surface area (Å²) < 4.78 is 0. The van der Waals surface area contributed by atoms with Crippen molar-refractivity contribution in [2.75, 3.05) is 19.6 Å². The van der Waals surface area contributed by atoms with Gasteiger partial charge in [-0.2, -0.15) is 0 Å². The molecule has 2 atom stereocenters. The second-order valence-electron chi connectivity index (χ2n) is 11.9. The van der Waals surface area contributed by atoms with Crippen LogP contribution in [-0.2, 0) is 19.2 Å². The Morgan fingerprint density at radius 3 is 1.44 bits per heavy atom. The van der Waals surface area contributed by atoms with E-state index in [0.29, 0.717) is 64.6 Å². The van der Waals surface area contributed by atoms with E-state index in [9.17, 15) is 24.3 Å². The molecule has 0 aromatic carbocycles. The molecule has 0 bridgehead atoms. The first-order valence-electron chi connectivity index (χ1n) is 17.3. The molecular formula is C33H65N5O5. The lowest BCUT2D eigenvalue weighted by molar-refractivity contribution is -0.142. The zero-order valence-electron chi connectivity index (χ0n) is 27.3. The predicted octanol–water partition coefficient (Wildman–Crippen LogP) is 5.07. The summed E-state index contributed by atoms with van der Waals surface area (Å²) in [4.78, 5) is 48.9. The number of hydrogen-bond acceptors (Lipinski definition) is 6. The zero-order chi connectivity index (χ0) is 32.0. The number of carboxylic acids is 1. The van der Waals surface area contributed by atoms with Gasteiger partial charge in [-0.05, 0) is 70.9 Å². The van der Waals surface area contributed by atoms with E-state index in [1.54, 1.807) is 0 Å². The molecule has 0 aliphatic rings. The van der Waals surface area contributed by atoms with Crippen molar-refractivity contribution in [3.8, 4) is 0 Å². The van der Waals surface area contributed by atoms with Crippen molar-refractivity contribution in [3.05, 3.63) is 0 Å². The summed E-state index contributed by atoms with van der Waals surface area (Å²) in [7, 11) is 0. The fourth-order valence-electron chi connectivity index (χ4n) is 5.09. The molecular weight excluding hydrogens is 546 g/mol. The van der Waals surface area contributed by atoms with E-state index in [-0.39, 0.29) is 24.1 Å². The van der Waals surface area contributed by atoms with E-state index < -0.39 is 18.1 Å². The molecule has 0 heterocycles. The van der Waals surface area contributed by atoms with Crippen LogP contribution in [0.5, 0.6) is 0 Å². The van der Waals surface area contributed by atoms with Crippen molar-refractivity contribution in [1.29, 1.82) is 0 Å². The Kier molecular flexibility index (Phi) is 28.3. The molecule has 0 rings (SSSR count). The number of rotatable bonds is 31. The van der Waals surface area contributed by atoms with E-state index in [4.69, 9.17) is 11.5 Å². The number of nitrogens with one attached hydrogen (secondary N) is 3. The minimum atomic E-state index is -1.05. The quantitative estimate of drug-likeness (QED) is 0.0593. The van der Waals surface area contributed by atoms with Crippen molar-refractivity contribution >= 4 is 23.7 Å². The monoisotopic (exact) mass is 611 g/mol. The van der Waals surface area contributed by atoms with Gasteiger partial charge in [0.15, 0.2) is 0 Å². The van der Waals surface area contributed by atoms with Crippen LogP contribution in [0.4, 0.5) is 0 Å². The third kappa shape index (κ3) is 26.0.